The first-order chi connectivity index (χ1) is 13.8. The van der Waals surface area contributed by atoms with E-state index in [1.54, 1.807) is 30.3 Å². The highest BCUT2D eigenvalue weighted by molar-refractivity contribution is 8.18. The van der Waals surface area contributed by atoms with E-state index in [9.17, 15) is 14.4 Å². The van der Waals surface area contributed by atoms with E-state index in [1.165, 1.54) is 0 Å². The summed E-state index contributed by atoms with van der Waals surface area (Å²) >= 11 is 6.76. The van der Waals surface area contributed by atoms with Crippen LogP contribution in [0.1, 0.15) is 25.0 Å². The van der Waals surface area contributed by atoms with Gasteiger partial charge in [0.25, 0.3) is 11.1 Å². The number of carbonyl (C=O) groups excluding carboxylic acids is 3. The van der Waals surface area contributed by atoms with Crippen molar-refractivity contribution in [3.63, 3.8) is 0 Å². The SMILES string of the molecule is CC(C)(C(=O)NCCN1C(=O)SC(=Cc2ccc(Cl)cc2)C1=O)c1ccccc1. The second kappa shape index (κ2) is 8.84. The van der Waals surface area contributed by atoms with Crippen molar-refractivity contribution in [1.82, 2.24) is 10.2 Å². The summed E-state index contributed by atoms with van der Waals surface area (Å²) in [5, 5.41) is 3.09. The smallest absolute Gasteiger partial charge is 0.293 e. The maximum absolute atomic E-state index is 12.6. The Morgan fingerprint density at radius 1 is 1.10 bits per heavy atom. The van der Waals surface area contributed by atoms with Gasteiger partial charge in [-0.3, -0.25) is 19.3 Å². The van der Waals surface area contributed by atoms with Crippen LogP contribution in [0.3, 0.4) is 0 Å². The molecule has 1 aliphatic heterocycles. The van der Waals surface area contributed by atoms with Crippen LogP contribution in [0.2, 0.25) is 5.02 Å². The number of nitrogens with one attached hydrogen (secondary N) is 1. The van der Waals surface area contributed by atoms with E-state index < -0.39 is 5.41 Å². The second-order valence-electron chi connectivity index (χ2n) is 7.13. The van der Waals surface area contributed by atoms with E-state index in [-0.39, 0.29) is 30.1 Å². The predicted octanol–water partition coefficient (Wildman–Crippen LogP) is 4.47. The summed E-state index contributed by atoms with van der Waals surface area (Å²) in [7, 11) is 0. The molecule has 150 valence electrons. The fourth-order valence-corrected chi connectivity index (χ4v) is 3.88. The van der Waals surface area contributed by atoms with Gasteiger partial charge in [0.1, 0.15) is 0 Å². The molecule has 29 heavy (non-hydrogen) atoms. The van der Waals surface area contributed by atoms with Crippen LogP contribution in [0.4, 0.5) is 4.79 Å². The monoisotopic (exact) mass is 428 g/mol. The quantitative estimate of drug-likeness (QED) is 0.689. The minimum absolute atomic E-state index is 0.124. The summed E-state index contributed by atoms with van der Waals surface area (Å²) < 4.78 is 0. The third-order valence-electron chi connectivity index (χ3n) is 4.73. The summed E-state index contributed by atoms with van der Waals surface area (Å²) in [5.41, 5.74) is 0.974. The van der Waals surface area contributed by atoms with E-state index in [2.05, 4.69) is 5.32 Å². The number of hydrogen-bond acceptors (Lipinski definition) is 4. The molecule has 2 aromatic carbocycles. The van der Waals surface area contributed by atoms with Gasteiger partial charge < -0.3 is 5.32 Å². The van der Waals surface area contributed by atoms with Gasteiger partial charge in [-0.05, 0) is 54.9 Å². The van der Waals surface area contributed by atoms with Crippen LogP contribution in [0.25, 0.3) is 6.08 Å². The Morgan fingerprint density at radius 2 is 1.76 bits per heavy atom. The van der Waals surface area contributed by atoms with Crippen molar-refractivity contribution in [3.05, 3.63) is 75.7 Å². The fourth-order valence-electron chi connectivity index (χ4n) is 2.89. The van der Waals surface area contributed by atoms with E-state index in [1.807, 2.05) is 44.2 Å². The third kappa shape index (κ3) is 4.89. The van der Waals surface area contributed by atoms with Crippen molar-refractivity contribution >= 4 is 46.5 Å². The van der Waals surface area contributed by atoms with Gasteiger partial charge >= 0.3 is 0 Å². The average molecular weight is 429 g/mol. The molecule has 1 heterocycles. The summed E-state index contributed by atoms with van der Waals surface area (Å²) in [6.07, 6.45) is 1.67. The van der Waals surface area contributed by atoms with Crippen LogP contribution in [0.5, 0.6) is 0 Å². The Labute approximate surface area is 179 Å². The molecule has 0 aliphatic carbocycles. The number of benzene rings is 2. The van der Waals surface area contributed by atoms with Crippen molar-refractivity contribution in [1.29, 1.82) is 0 Å². The van der Waals surface area contributed by atoms with Crippen LogP contribution in [0, 0.1) is 0 Å². The number of amides is 3. The molecule has 0 saturated carbocycles. The van der Waals surface area contributed by atoms with Crippen LogP contribution < -0.4 is 5.32 Å². The van der Waals surface area contributed by atoms with Crippen molar-refractivity contribution in [3.8, 4) is 0 Å². The molecule has 2 aromatic rings. The lowest BCUT2D eigenvalue weighted by Gasteiger charge is -2.24. The zero-order valence-corrected chi connectivity index (χ0v) is 17.7. The Balaban J connectivity index is 1.59. The normalized spacial score (nSPS) is 15.8. The number of rotatable bonds is 6. The maximum atomic E-state index is 12.6. The minimum atomic E-state index is -0.714. The zero-order chi connectivity index (χ0) is 21.0. The first kappa shape index (κ1) is 21.1. The molecule has 3 amide bonds. The van der Waals surface area contributed by atoms with Gasteiger partial charge in [-0.25, -0.2) is 0 Å². The lowest BCUT2D eigenvalue weighted by atomic mass is 9.84. The zero-order valence-electron chi connectivity index (χ0n) is 16.1. The Bertz CT molecular complexity index is 956. The molecule has 0 unspecified atom stereocenters. The molecule has 0 radical (unpaired) electrons. The topological polar surface area (TPSA) is 66.5 Å². The second-order valence-corrected chi connectivity index (χ2v) is 8.56. The molecule has 3 rings (SSSR count). The average Bonchev–Trinajstić information content (AvgIpc) is 2.97. The van der Waals surface area contributed by atoms with Gasteiger partial charge in [-0.15, -0.1) is 0 Å². The maximum Gasteiger partial charge on any atom is 0.293 e. The van der Waals surface area contributed by atoms with Gasteiger partial charge in [-0.1, -0.05) is 54.1 Å². The number of halogens is 1. The highest BCUT2D eigenvalue weighted by atomic mass is 35.5. The Morgan fingerprint density at radius 3 is 2.41 bits per heavy atom. The molecule has 1 N–H and O–H groups in total. The summed E-state index contributed by atoms with van der Waals surface area (Å²) in [6, 6.07) is 16.5. The largest absolute Gasteiger partial charge is 0.354 e. The van der Waals surface area contributed by atoms with Crippen molar-refractivity contribution in [2.75, 3.05) is 13.1 Å². The molecule has 5 nitrogen and oxygen atoms in total. The predicted molar refractivity (Wildman–Crippen MR) is 117 cm³/mol. The highest BCUT2D eigenvalue weighted by Gasteiger charge is 2.35. The lowest BCUT2D eigenvalue weighted by Crippen LogP contribution is -2.44. The van der Waals surface area contributed by atoms with E-state index >= 15 is 0 Å². The van der Waals surface area contributed by atoms with Gasteiger partial charge in [0.2, 0.25) is 5.91 Å². The summed E-state index contributed by atoms with van der Waals surface area (Å²) in [4.78, 5) is 38.9. The highest BCUT2D eigenvalue weighted by Crippen LogP contribution is 2.32. The molecule has 7 heteroatoms. The first-order valence-corrected chi connectivity index (χ1v) is 10.3. The molecule has 1 fully saturated rings. The Hall–Kier alpha value is -2.57. The van der Waals surface area contributed by atoms with Gasteiger partial charge in [-0.2, -0.15) is 0 Å². The molecule has 0 bridgehead atoms. The van der Waals surface area contributed by atoms with E-state index in [4.69, 9.17) is 11.6 Å². The number of nitrogens with zero attached hydrogens (tertiary/aromatic N) is 1. The van der Waals surface area contributed by atoms with Gasteiger partial charge in [0.15, 0.2) is 0 Å². The molecular formula is C22H21ClN2O3S. The van der Waals surface area contributed by atoms with E-state index in [0.717, 1.165) is 27.8 Å². The number of thioether (sulfide) groups is 1. The fraction of sp³-hybridized carbons (Fsp3) is 0.227. The third-order valence-corrected chi connectivity index (χ3v) is 5.88. The standard InChI is InChI=1S/C22H21ClN2O3S/c1-22(2,16-6-4-3-5-7-16)20(27)24-12-13-25-19(26)18(29-21(25)28)14-15-8-10-17(23)11-9-15/h3-11,14H,12-13H2,1-2H3,(H,24,27). The van der Waals surface area contributed by atoms with Gasteiger partial charge in [0, 0.05) is 18.1 Å². The number of hydrogen-bond donors (Lipinski definition) is 1. The van der Waals surface area contributed by atoms with E-state index in [0.29, 0.717) is 9.93 Å². The van der Waals surface area contributed by atoms with Crippen molar-refractivity contribution in [2.24, 2.45) is 0 Å². The summed E-state index contributed by atoms with van der Waals surface area (Å²) in [5.74, 6) is -0.515. The number of carbonyl (C=O) groups is 3. The van der Waals surface area contributed by atoms with Crippen molar-refractivity contribution < 1.29 is 14.4 Å². The molecule has 1 saturated heterocycles. The molecular weight excluding hydrogens is 408 g/mol. The lowest BCUT2D eigenvalue weighted by molar-refractivity contribution is -0.126. The Kier molecular flexibility index (Phi) is 6.45. The van der Waals surface area contributed by atoms with Crippen molar-refractivity contribution in [2.45, 2.75) is 19.3 Å². The molecule has 0 spiro atoms. The molecule has 0 atom stereocenters. The minimum Gasteiger partial charge on any atom is -0.354 e. The van der Waals surface area contributed by atoms with Crippen LogP contribution in [0.15, 0.2) is 59.5 Å². The van der Waals surface area contributed by atoms with Crippen LogP contribution >= 0.6 is 23.4 Å². The van der Waals surface area contributed by atoms with Crippen LogP contribution in [-0.2, 0) is 15.0 Å². The first-order valence-electron chi connectivity index (χ1n) is 9.14. The van der Waals surface area contributed by atoms with Gasteiger partial charge in [0.05, 0.1) is 10.3 Å². The molecule has 1 aliphatic rings. The van der Waals surface area contributed by atoms with Crippen LogP contribution in [-0.4, -0.2) is 35.0 Å². The summed E-state index contributed by atoms with van der Waals surface area (Å²) in [6.45, 7) is 4.00. The number of imide groups is 1. The molecule has 0 aromatic heterocycles.